The molecule has 2 fully saturated rings. The maximum Gasteiger partial charge on any atom is 0.314 e. The first kappa shape index (κ1) is 9.96. The molecule has 1 saturated carbocycles. The molecule has 2 aliphatic rings. The van der Waals surface area contributed by atoms with Crippen LogP contribution < -0.4 is 0 Å². The number of nitrogens with zero attached hydrogens (tertiary/aromatic N) is 1. The number of carbonyl (C=O) groups is 2. The Bertz CT molecular complexity index is 434. The minimum atomic E-state index is -0.406. The Kier molecular flexibility index (Phi) is 2.28. The molecule has 1 aromatic rings. The molecule has 0 amide bonds. The molecule has 1 aliphatic heterocycles. The number of hydrogen-bond donors (Lipinski definition) is 0. The molecule has 0 atom stereocenters. The Labute approximate surface area is 96.6 Å². The maximum absolute atomic E-state index is 11.2. The number of ether oxygens (including phenoxy) is 1. The van der Waals surface area contributed by atoms with Crippen LogP contribution >= 0.6 is 11.3 Å². The van der Waals surface area contributed by atoms with Crippen LogP contribution in [0.3, 0.4) is 0 Å². The number of hydrogen-bond acceptors (Lipinski definition) is 5. The van der Waals surface area contributed by atoms with Gasteiger partial charge in [-0.25, -0.2) is 4.98 Å². The molecule has 0 aromatic carbocycles. The maximum atomic E-state index is 11.2. The summed E-state index contributed by atoms with van der Waals surface area (Å²) >= 11 is 1.56. The Hall–Kier alpha value is -1.23. The van der Waals surface area contributed by atoms with E-state index in [1.165, 1.54) is 12.8 Å². The molecule has 1 aliphatic carbocycles. The summed E-state index contributed by atoms with van der Waals surface area (Å²) in [5.41, 5.74) is 2.92. The van der Waals surface area contributed by atoms with E-state index in [-0.39, 0.29) is 5.92 Å². The largest absolute Gasteiger partial charge is 0.393 e. The minimum Gasteiger partial charge on any atom is -0.393 e. The van der Waals surface area contributed by atoms with Crippen LogP contribution in [-0.2, 0) is 14.3 Å². The summed E-state index contributed by atoms with van der Waals surface area (Å²) in [5, 5.41) is 0. The number of esters is 2. The Morgan fingerprint density at radius 2 is 1.88 bits per heavy atom. The molecule has 0 unspecified atom stereocenters. The quantitative estimate of drug-likeness (QED) is 0.583. The lowest BCUT2D eigenvalue weighted by Crippen LogP contribution is -2.24. The lowest BCUT2D eigenvalue weighted by Gasteiger charge is -2.19. The van der Waals surface area contributed by atoms with Crippen LogP contribution in [0.5, 0.6) is 0 Å². The first-order valence-corrected chi connectivity index (χ1v) is 6.29. The van der Waals surface area contributed by atoms with Crippen LogP contribution in [-0.4, -0.2) is 16.9 Å². The fourth-order valence-electron chi connectivity index (χ4n) is 2.10. The van der Waals surface area contributed by atoms with Crippen LogP contribution in [0.25, 0.3) is 0 Å². The predicted molar refractivity (Wildman–Crippen MR) is 57.2 cm³/mol. The monoisotopic (exact) mass is 237 g/mol. The summed E-state index contributed by atoms with van der Waals surface area (Å²) < 4.78 is 4.54. The van der Waals surface area contributed by atoms with Crippen molar-refractivity contribution >= 4 is 23.3 Å². The van der Waals surface area contributed by atoms with Crippen LogP contribution in [0.4, 0.5) is 0 Å². The summed E-state index contributed by atoms with van der Waals surface area (Å²) in [7, 11) is 0. The van der Waals surface area contributed by atoms with Crippen molar-refractivity contribution in [1.82, 2.24) is 4.98 Å². The fourth-order valence-corrected chi connectivity index (χ4v) is 3.08. The summed E-state index contributed by atoms with van der Waals surface area (Å²) in [6.45, 7) is 0. The highest BCUT2D eigenvalue weighted by Gasteiger charge is 2.35. The van der Waals surface area contributed by atoms with Gasteiger partial charge in [0.25, 0.3) is 0 Å². The van der Waals surface area contributed by atoms with Crippen molar-refractivity contribution in [3.8, 4) is 0 Å². The normalized spacial score (nSPS) is 22.2. The van der Waals surface area contributed by atoms with Gasteiger partial charge in [0.05, 0.1) is 24.0 Å². The van der Waals surface area contributed by atoms with Crippen LogP contribution in [0.15, 0.2) is 5.51 Å². The number of aromatic nitrogens is 1. The van der Waals surface area contributed by atoms with Gasteiger partial charge in [0.1, 0.15) is 0 Å². The summed E-state index contributed by atoms with van der Waals surface area (Å²) in [6.07, 6.45) is 2.99. The average molecular weight is 237 g/mol. The van der Waals surface area contributed by atoms with E-state index in [1.807, 2.05) is 5.51 Å². The second kappa shape index (κ2) is 3.66. The zero-order chi connectivity index (χ0) is 11.1. The topological polar surface area (TPSA) is 56.3 Å². The van der Waals surface area contributed by atoms with Crippen LogP contribution in [0.1, 0.15) is 48.1 Å². The Balaban J connectivity index is 1.87. The first-order chi connectivity index (χ1) is 7.74. The zero-order valence-electron chi connectivity index (χ0n) is 8.64. The third-order valence-electron chi connectivity index (χ3n) is 3.01. The van der Waals surface area contributed by atoms with Crippen molar-refractivity contribution in [2.75, 3.05) is 0 Å². The average Bonchev–Trinajstić information content (AvgIpc) is 2.94. The fraction of sp³-hybridized carbons (Fsp3) is 0.545. The molecule has 0 N–H and O–H groups in total. The lowest BCUT2D eigenvalue weighted by atomic mass is 9.95. The van der Waals surface area contributed by atoms with Crippen molar-refractivity contribution in [1.29, 1.82) is 0 Å². The van der Waals surface area contributed by atoms with Crippen molar-refractivity contribution in [2.45, 2.75) is 37.5 Å². The standard InChI is InChI=1S/C11H11NO3S/c13-8-3-7(4-9(14)15-8)11-10(6-1-2-6)12-5-16-11/h5-7H,1-4H2. The first-order valence-electron chi connectivity index (χ1n) is 5.41. The molecule has 2 heterocycles. The van der Waals surface area contributed by atoms with Gasteiger partial charge in [-0.1, -0.05) is 0 Å². The van der Waals surface area contributed by atoms with Crippen molar-refractivity contribution in [3.05, 3.63) is 16.1 Å². The second-order valence-corrected chi connectivity index (χ2v) is 5.21. The summed E-state index contributed by atoms with van der Waals surface area (Å²) in [5.74, 6) is -0.251. The minimum absolute atomic E-state index is 0.00292. The zero-order valence-corrected chi connectivity index (χ0v) is 9.46. The SMILES string of the molecule is O=C1CC(c2scnc2C2CC2)CC(=O)O1. The van der Waals surface area contributed by atoms with Crippen LogP contribution in [0, 0.1) is 0 Å². The number of thiazole rings is 1. The van der Waals surface area contributed by atoms with Gasteiger partial charge >= 0.3 is 11.9 Å². The van der Waals surface area contributed by atoms with E-state index < -0.39 is 11.9 Å². The molecule has 1 saturated heterocycles. The molecular formula is C11H11NO3S. The molecule has 84 valence electrons. The highest BCUT2D eigenvalue weighted by Crippen LogP contribution is 2.45. The molecule has 16 heavy (non-hydrogen) atoms. The van der Waals surface area contributed by atoms with E-state index >= 15 is 0 Å². The summed E-state index contributed by atoms with van der Waals surface area (Å²) in [6, 6.07) is 0. The molecule has 0 bridgehead atoms. The van der Waals surface area contributed by atoms with E-state index in [0.717, 1.165) is 10.6 Å². The number of rotatable bonds is 2. The van der Waals surface area contributed by atoms with Gasteiger partial charge in [-0.15, -0.1) is 11.3 Å². The van der Waals surface area contributed by atoms with E-state index in [1.54, 1.807) is 11.3 Å². The van der Waals surface area contributed by atoms with E-state index in [2.05, 4.69) is 9.72 Å². The highest BCUT2D eigenvalue weighted by atomic mass is 32.1. The molecule has 5 heteroatoms. The van der Waals surface area contributed by atoms with Gasteiger partial charge in [0.2, 0.25) is 0 Å². The van der Waals surface area contributed by atoms with Gasteiger partial charge < -0.3 is 4.74 Å². The van der Waals surface area contributed by atoms with Crippen LogP contribution in [0.2, 0.25) is 0 Å². The van der Waals surface area contributed by atoms with Crippen molar-refractivity contribution in [3.63, 3.8) is 0 Å². The highest BCUT2D eigenvalue weighted by molar-refractivity contribution is 7.09. The van der Waals surface area contributed by atoms with Gasteiger partial charge in [0, 0.05) is 16.7 Å². The molecule has 1 aromatic heterocycles. The predicted octanol–water partition coefficient (Wildman–Crippen LogP) is 1.97. The van der Waals surface area contributed by atoms with Crippen molar-refractivity contribution in [2.24, 2.45) is 0 Å². The van der Waals surface area contributed by atoms with E-state index in [0.29, 0.717) is 18.8 Å². The number of cyclic esters (lactones) is 2. The Morgan fingerprint density at radius 3 is 2.50 bits per heavy atom. The molecule has 0 radical (unpaired) electrons. The third kappa shape index (κ3) is 1.75. The third-order valence-corrected chi connectivity index (χ3v) is 4.02. The van der Waals surface area contributed by atoms with Gasteiger partial charge in [-0.05, 0) is 12.8 Å². The second-order valence-electron chi connectivity index (χ2n) is 4.33. The van der Waals surface area contributed by atoms with Gasteiger partial charge in [-0.2, -0.15) is 0 Å². The van der Waals surface area contributed by atoms with Gasteiger partial charge in [-0.3, -0.25) is 9.59 Å². The Morgan fingerprint density at radius 1 is 1.19 bits per heavy atom. The van der Waals surface area contributed by atoms with Crippen molar-refractivity contribution < 1.29 is 14.3 Å². The van der Waals surface area contributed by atoms with Gasteiger partial charge in [0.15, 0.2) is 0 Å². The molecule has 3 rings (SSSR count). The summed E-state index contributed by atoms with van der Waals surface area (Å²) in [4.78, 5) is 27.9. The van der Waals surface area contributed by atoms with E-state index in [9.17, 15) is 9.59 Å². The molecular weight excluding hydrogens is 226 g/mol. The molecule has 0 spiro atoms. The molecule has 4 nitrogen and oxygen atoms in total. The number of carbonyl (C=O) groups excluding carboxylic acids is 2. The lowest BCUT2D eigenvalue weighted by molar-refractivity contribution is -0.163. The van der Waals surface area contributed by atoms with E-state index in [4.69, 9.17) is 0 Å². The smallest absolute Gasteiger partial charge is 0.314 e.